The molecule has 1 N–H and O–H groups in total. The van der Waals surface area contributed by atoms with Crippen molar-refractivity contribution >= 4 is 12.0 Å². The number of benzene rings is 2. The van der Waals surface area contributed by atoms with Gasteiger partial charge >= 0.3 is 6.18 Å². The van der Waals surface area contributed by atoms with Crippen LogP contribution in [0.4, 0.5) is 13.2 Å². The average molecular weight is 362 g/mol. The van der Waals surface area contributed by atoms with E-state index in [1.165, 1.54) is 29.8 Å². The van der Waals surface area contributed by atoms with Gasteiger partial charge in [-0.3, -0.25) is 4.79 Å². The molecule has 0 saturated heterocycles. The molecule has 0 aliphatic carbocycles. The average Bonchev–Trinajstić information content (AvgIpc) is 2.58. The summed E-state index contributed by atoms with van der Waals surface area (Å²) < 4.78 is 38.0. The van der Waals surface area contributed by atoms with Gasteiger partial charge in [-0.25, -0.2) is 0 Å². The van der Waals surface area contributed by atoms with Gasteiger partial charge in [-0.2, -0.15) is 13.2 Å². The van der Waals surface area contributed by atoms with Crippen LogP contribution in [0.5, 0.6) is 0 Å². The van der Waals surface area contributed by atoms with Crippen LogP contribution in [0.3, 0.4) is 0 Å². The van der Waals surface area contributed by atoms with Crippen molar-refractivity contribution < 1.29 is 18.0 Å². The first-order chi connectivity index (χ1) is 12.2. The van der Waals surface area contributed by atoms with Crippen molar-refractivity contribution in [1.82, 2.24) is 10.2 Å². The van der Waals surface area contributed by atoms with Crippen molar-refractivity contribution in [3.05, 3.63) is 76.9 Å². The Morgan fingerprint density at radius 2 is 1.73 bits per heavy atom. The molecule has 0 atom stereocenters. The van der Waals surface area contributed by atoms with Gasteiger partial charge in [0.25, 0.3) is 0 Å². The lowest BCUT2D eigenvalue weighted by atomic mass is 10.1. The molecule has 6 heteroatoms. The Kier molecular flexibility index (Phi) is 6.58. The molecule has 2 aromatic rings. The zero-order chi connectivity index (χ0) is 19.2. The molecule has 0 radical (unpaired) electrons. The van der Waals surface area contributed by atoms with Gasteiger partial charge in [-0.1, -0.05) is 36.4 Å². The summed E-state index contributed by atoms with van der Waals surface area (Å²) in [7, 11) is 3.98. The second-order valence-corrected chi connectivity index (χ2v) is 6.23. The highest BCUT2D eigenvalue weighted by molar-refractivity contribution is 5.91. The van der Waals surface area contributed by atoms with E-state index in [4.69, 9.17) is 0 Å². The maximum Gasteiger partial charge on any atom is 0.416 e. The highest BCUT2D eigenvalue weighted by atomic mass is 19.4. The van der Waals surface area contributed by atoms with Crippen molar-refractivity contribution in [2.45, 2.75) is 19.3 Å². The molecule has 0 bridgehead atoms. The van der Waals surface area contributed by atoms with Gasteiger partial charge in [0.2, 0.25) is 5.91 Å². The van der Waals surface area contributed by atoms with Crippen molar-refractivity contribution in [1.29, 1.82) is 0 Å². The molecule has 0 aromatic heterocycles. The molecule has 0 unspecified atom stereocenters. The molecule has 2 rings (SSSR count). The molecular formula is C20H21F3N2O. The maximum absolute atomic E-state index is 12.7. The van der Waals surface area contributed by atoms with E-state index in [9.17, 15) is 18.0 Å². The second kappa shape index (κ2) is 8.67. The minimum atomic E-state index is -4.40. The lowest BCUT2D eigenvalue weighted by Gasteiger charge is -2.10. The summed E-state index contributed by atoms with van der Waals surface area (Å²) in [6.07, 6.45) is -1.80. The predicted octanol–water partition coefficient (Wildman–Crippen LogP) is 4.10. The van der Waals surface area contributed by atoms with E-state index in [2.05, 4.69) is 10.2 Å². The highest BCUT2D eigenvalue weighted by Gasteiger charge is 2.30. The highest BCUT2D eigenvalue weighted by Crippen LogP contribution is 2.29. The fourth-order valence-corrected chi connectivity index (χ4v) is 2.37. The van der Waals surface area contributed by atoms with Crippen molar-refractivity contribution in [2.75, 3.05) is 14.1 Å². The zero-order valence-electron chi connectivity index (χ0n) is 14.7. The van der Waals surface area contributed by atoms with Crippen molar-refractivity contribution in [3.63, 3.8) is 0 Å². The zero-order valence-corrected chi connectivity index (χ0v) is 14.7. The Morgan fingerprint density at radius 1 is 1.08 bits per heavy atom. The third-order valence-electron chi connectivity index (χ3n) is 3.63. The summed E-state index contributed by atoms with van der Waals surface area (Å²) in [5.74, 6) is -0.361. The Morgan fingerprint density at radius 3 is 2.35 bits per heavy atom. The predicted molar refractivity (Wildman–Crippen MR) is 96.2 cm³/mol. The van der Waals surface area contributed by atoms with E-state index in [0.717, 1.165) is 24.2 Å². The number of rotatable bonds is 6. The summed E-state index contributed by atoms with van der Waals surface area (Å²) in [6.45, 7) is 1.19. The van der Waals surface area contributed by atoms with E-state index in [-0.39, 0.29) is 5.91 Å². The molecule has 138 valence electrons. The number of hydrogen-bond acceptors (Lipinski definition) is 2. The quantitative estimate of drug-likeness (QED) is 0.785. The molecule has 3 nitrogen and oxygen atoms in total. The first kappa shape index (κ1) is 19.7. The Labute approximate surface area is 151 Å². The van der Waals surface area contributed by atoms with E-state index < -0.39 is 11.7 Å². The Balaban J connectivity index is 1.89. The molecule has 0 heterocycles. The van der Waals surface area contributed by atoms with Gasteiger partial charge in [0.05, 0.1) is 5.56 Å². The minimum Gasteiger partial charge on any atom is -0.348 e. The summed E-state index contributed by atoms with van der Waals surface area (Å²) in [5.41, 5.74) is 1.71. The maximum atomic E-state index is 12.7. The smallest absolute Gasteiger partial charge is 0.348 e. The number of carbonyl (C=O) groups excluding carboxylic acids is 1. The van der Waals surface area contributed by atoms with Crippen molar-refractivity contribution in [3.8, 4) is 0 Å². The van der Waals surface area contributed by atoms with Gasteiger partial charge in [0.15, 0.2) is 0 Å². The topological polar surface area (TPSA) is 32.3 Å². The van der Waals surface area contributed by atoms with Crippen LogP contribution in [0, 0.1) is 0 Å². The minimum absolute atomic E-state index is 0.322. The molecule has 0 aliphatic heterocycles. The molecule has 0 fully saturated rings. The Hall–Kier alpha value is -2.60. The van der Waals surface area contributed by atoms with Gasteiger partial charge < -0.3 is 10.2 Å². The summed E-state index contributed by atoms with van der Waals surface area (Å²) >= 11 is 0. The van der Waals surface area contributed by atoms with Gasteiger partial charge in [0.1, 0.15) is 0 Å². The van der Waals surface area contributed by atoms with Crippen LogP contribution < -0.4 is 5.32 Å². The third kappa shape index (κ3) is 6.37. The lowest BCUT2D eigenvalue weighted by molar-refractivity contribution is -0.137. The summed E-state index contributed by atoms with van der Waals surface area (Å²) in [6, 6.07) is 12.7. The van der Waals surface area contributed by atoms with Crippen LogP contribution in [0.2, 0.25) is 0 Å². The molecule has 2 aromatic carbocycles. The fraction of sp³-hybridized carbons (Fsp3) is 0.250. The number of halogens is 3. The molecule has 0 aliphatic rings. The van der Waals surface area contributed by atoms with E-state index in [0.29, 0.717) is 12.1 Å². The monoisotopic (exact) mass is 362 g/mol. The van der Waals surface area contributed by atoms with E-state index in [1.54, 1.807) is 0 Å². The van der Waals surface area contributed by atoms with Gasteiger partial charge in [-0.05, 0) is 49.0 Å². The second-order valence-electron chi connectivity index (χ2n) is 6.23. The number of carbonyl (C=O) groups is 1. The van der Waals surface area contributed by atoms with Crippen LogP contribution in [0.1, 0.15) is 22.3 Å². The van der Waals surface area contributed by atoms with Crippen molar-refractivity contribution in [2.24, 2.45) is 0 Å². The van der Waals surface area contributed by atoms with Crippen LogP contribution in [-0.4, -0.2) is 24.9 Å². The standard InChI is InChI=1S/C20H21F3N2O/c1-25(2)14-17-8-6-16(7-9-17)13-24-19(26)11-10-15-4-3-5-18(12-15)20(21,22)23/h3-12H,13-14H2,1-2H3,(H,24,26)/b11-10+. The van der Waals surface area contributed by atoms with Crippen LogP contribution in [0.15, 0.2) is 54.6 Å². The van der Waals surface area contributed by atoms with Crippen LogP contribution in [-0.2, 0) is 24.1 Å². The fourth-order valence-electron chi connectivity index (χ4n) is 2.37. The number of alkyl halides is 3. The third-order valence-corrected chi connectivity index (χ3v) is 3.63. The molecule has 0 saturated carbocycles. The largest absolute Gasteiger partial charge is 0.416 e. The normalized spacial score (nSPS) is 11.9. The summed E-state index contributed by atoms with van der Waals surface area (Å²) in [5, 5.41) is 2.72. The Bertz CT molecular complexity index is 765. The molecule has 1 amide bonds. The van der Waals surface area contributed by atoms with Crippen LogP contribution >= 0.6 is 0 Å². The number of hydrogen-bond donors (Lipinski definition) is 1. The van der Waals surface area contributed by atoms with Gasteiger partial charge in [-0.15, -0.1) is 0 Å². The summed E-state index contributed by atoms with van der Waals surface area (Å²) in [4.78, 5) is 13.9. The SMILES string of the molecule is CN(C)Cc1ccc(CNC(=O)/C=C/c2cccc(C(F)(F)F)c2)cc1. The number of nitrogens with one attached hydrogen (secondary N) is 1. The molecular weight excluding hydrogens is 341 g/mol. The van der Waals surface area contributed by atoms with Gasteiger partial charge in [0, 0.05) is 19.2 Å². The first-order valence-corrected chi connectivity index (χ1v) is 8.10. The van der Waals surface area contributed by atoms with E-state index in [1.807, 2.05) is 38.4 Å². The molecule has 26 heavy (non-hydrogen) atoms. The molecule has 0 spiro atoms. The number of nitrogens with zero attached hydrogens (tertiary/aromatic N) is 1. The van der Waals surface area contributed by atoms with E-state index >= 15 is 0 Å². The van der Waals surface area contributed by atoms with Crippen LogP contribution in [0.25, 0.3) is 6.08 Å². The number of amides is 1. The first-order valence-electron chi connectivity index (χ1n) is 8.10. The lowest BCUT2D eigenvalue weighted by Crippen LogP contribution is -2.20.